The number of hydrogen-bond donors (Lipinski definition) is 2. The van der Waals surface area contributed by atoms with Crippen molar-refractivity contribution >= 4 is 27.8 Å². The summed E-state index contributed by atoms with van der Waals surface area (Å²) in [7, 11) is 0. The minimum Gasteiger partial charge on any atom is -0.383 e. The van der Waals surface area contributed by atoms with Crippen LogP contribution < -0.4 is 11.5 Å². The smallest absolute Gasteiger partial charge is 0.165 e. The number of nitrogen functional groups attached to an aromatic ring is 1. The first-order valence-corrected chi connectivity index (χ1v) is 6.77. The second-order valence-electron chi connectivity index (χ2n) is 4.77. The van der Waals surface area contributed by atoms with Crippen LogP contribution in [0.25, 0.3) is 21.9 Å². The lowest BCUT2D eigenvalue weighted by Gasteiger charge is -2.08. The van der Waals surface area contributed by atoms with E-state index in [0.717, 1.165) is 22.7 Å². The average Bonchev–Trinajstić information content (AvgIpc) is 2.45. The first kappa shape index (κ1) is 12.7. The van der Waals surface area contributed by atoms with Crippen LogP contribution in [0.5, 0.6) is 0 Å². The van der Waals surface area contributed by atoms with Crippen molar-refractivity contribution in [1.82, 2.24) is 15.0 Å². The Hall–Kier alpha value is -2.27. The summed E-state index contributed by atoms with van der Waals surface area (Å²) in [6.45, 7) is 2.62. The maximum atomic E-state index is 6.02. The quantitative estimate of drug-likeness (QED) is 0.706. The molecule has 0 aliphatic heterocycles. The Labute approximate surface area is 117 Å². The summed E-state index contributed by atoms with van der Waals surface area (Å²) in [4.78, 5) is 13.4. The zero-order chi connectivity index (χ0) is 14.1. The van der Waals surface area contributed by atoms with Crippen molar-refractivity contribution < 1.29 is 0 Å². The summed E-state index contributed by atoms with van der Waals surface area (Å²) in [5, 5.41) is 1.87. The molecule has 1 aromatic carbocycles. The van der Waals surface area contributed by atoms with Crippen molar-refractivity contribution in [1.29, 1.82) is 0 Å². The lowest BCUT2D eigenvalue weighted by atomic mass is 10.1. The molecule has 0 atom stereocenters. The largest absolute Gasteiger partial charge is 0.383 e. The first-order chi connectivity index (χ1) is 9.72. The minimum absolute atomic E-state index is 0.467. The van der Waals surface area contributed by atoms with Gasteiger partial charge in [0.25, 0.3) is 0 Å². The number of aryl methyl sites for hydroxylation is 1. The second-order valence-corrected chi connectivity index (χ2v) is 4.77. The lowest BCUT2D eigenvalue weighted by molar-refractivity contribution is 0.879. The highest BCUT2D eigenvalue weighted by Gasteiger charge is 2.09. The Balaban J connectivity index is 2.33. The molecular weight excluding hydrogens is 250 g/mol. The number of rotatable bonds is 3. The Bertz CT molecular complexity index is 782. The summed E-state index contributed by atoms with van der Waals surface area (Å²) < 4.78 is 0. The molecule has 0 amide bonds. The van der Waals surface area contributed by atoms with Crippen LogP contribution in [0.1, 0.15) is 18.3 Å². The molecule has 0 bridgehead atoms. The van der Waals surface area contributed by atoms with Gasteiger partial charge < -0.3 is 11.5 Å². The number of pyridine rings is 1. The highest BCUT2D eigenvalue weighted by molar-refractivity contribution is 5.96. The van der Waals surface area contributed by atoms with Crippen molar-refractivity contribution in [2.24, 2.45) is 5.73 Å². The van der Waals surface area contributed by atoms with Crippen LogP contribution in [-0.2, 0) is 12.8 Å². The zero-order valence-electron chi connectivity index (χ0n) is 11.4. The number of hydrogen-bond acceptors (Lipinski definition) is 5. The standard InChI is InChI=1S/C15H17N5/c1-2-9-4-3-5-10-8-11-14(17)18-12(6-7-16)19-15(11)20-13(9)10/h3-5,8H,2,6-7,16H2,1H3,(H2,17,18,19,20). The number of aromatic nitrogens is 3. The van der Waals surface area contributed by atoms with E-state index in [-0.39, 0.29) is 0 Å². The van der Waals surface area contributed by atoms with Gasteiger partial charge in [-0.25, -0.2) is 15.0 Å². The summed E-state index contributed by atoms with van der Waals surface area (Å²) in [5.74, 6) is 1.12. The van der Waals surface area contributed by atoms with Crippen molar-refractivity contribution in [2.45, 2.75) is 19.8 Å². The summed E-state index contributed by atoms with van der Waals surface area (Å²) in [6.07, 6.45) is 1.54. The second kappa shape index (κ2) is 5.02. The molecule has 2 heterocycles. The number of nitrogens with two attached hydrogens (primary N) is 2. The molecule has 102 valence electrons. The van der Waals surface area contributed by atoms with Crippen LogP contribution in [0.2, 0.25) is 0 Å². The zero-order valence-corrected chi connectivity index (χ0v) is 11.4. The maximum Gasteiger partial charge on any atom is 0.165 e. The van der Waals surface area contributed by atoms with E-state index in [4.69, 9.17) is 11.5 Å². The van der Waals surface area contributed by atoms with Crippen molar-refractivity contribution in [3.8, 4) is 0 Å². The highest BCUT2D eigenvalue weighted by atomic mass is 15.0. The van der Waals surface area contributed by atoms with Crippen molar-refractivity contribution in [3.63, 3.8) is 0 Å². The fourth-order valence-electron chi connectivity index (χ4n) is 2.40. The predicted molar refractivity (Wildman–Crippen MR) is 81.4 cm³/mol. The van der Waals surface area contributed by atoms with Gasteiger partial charge in [-0.1, -0.05) is 25.1 Å². The molecule has 0 saturated heterocycles. The Morgan fingerprint density at radius 1 is 1.15 bits per heavy atom. The van der Waals surface area contributed by atoms with E-state index in [0.29, 0.717) is 30.3 Å². The third-order valence-electron chi connectivity index (χ3n) is 3.42. The molecule has 0 saturated carbocycles. The summed E-state index contributed by atoms with van der Waals surface area (Å²) >= 11 is 0. The Morgan fingerprint density at radius 3 is 2.75 bits per heavy atom. The van der Waals surface area contributed by atoms with Crippen molar-refractivity contribution in [2.75, 3.05) is 12.3 Å². The van der Waals surface area contributed by atoms with Gasteiger partial charge in [0.05, 0.1) is 10.9 Å². The molecule has 0 spiro atoms. The van der Waals surface area contributed by atoms with Gasteiger partial charge in [0.15, 0.2) is 5.65 Å². The molecule has 5 heteroatoms. The monoisotopic (exact) mass is 267 g/mol. The summed E-state index contributed by atoms with van der Waals surface area (Å²) in [6, 6.07) is 8.17. The number of anilines is 1. The Kier molecular flexibility index (Phi) is 3.20. The van der Waals surface area contributed by atoms with Crippen LogP contribution in [0, 0.1) is 0 Å². The van der Waals surface area contributed by atoms with Crippen molar-refractivity contribution in [3.05, 3.63) is 35.7 Å². The lowest BCUT2D eigenvalue weighted by Crippen LogP contribution is -2.09. The topological polar surface area (TPSA) is 90.7 Å². The van der Waals surface area contributed by atoms with E-state index in [9.17, 15) is 0 Å². The molecule has 0 aliphatic rings. The molecule has 3 rings (SSSR count). The van der Waals surface area contributed by atoms with Crippen LogP contribution in [0.4, 0.5) is 5.82 Å². The van der Waals surface area contributed by atoms with Gasteiger partial charge in [0, 0.05) is 11.8 Å². The SMILES string of the molecule is CCc1cccc2cc3c(N)nc(CCN)nc3nc12. The normalized spacial score (nSPS) is 11.3. The molecule has 4 N–H and O–H groups in total. The van der Waals surface area contributed by atoms with E-state index < -0.39 is 0 Å². The van der Waals surface area contributed by atoms with Crippen LogP contribution in [-0.4, -0.2) is 21.5 Å². The summed E-state index contributed by atoms with van der Waals surface area (Å²) in [5.41, 5.74) is 14.4. The van der Waals surface area contributed by atoms with Crippen LogP contribution in [0.15, 0.2) is 24.3 Å². The maximum absolute atomic E-state index is 6.02. The van der Waals surface area contributed by atoms with E-state index in [1.165, 1.54) is 5.56 Å². The van der Waals surface area contributed by atoms with Crippen LogP contribution in [0.3, 0.4) is 0 Å². The third-order valence-corrected chi connectivity index (χ3v) is 3.42. The molecule has 3 aromatic rings. The van der Waals surface area contributed by atoms with Gasteiger partial charge in [-0.05, 0) is 24.6 Å². The molecular formula is C15H17N5. The van der Waals surface area contributed by atoms with E-state index in [1.54, 1.807) is 0 Å². The molecule has 0 aliphatic carbocycles. The van der Waals surface area contributed by atoms with Gasteiger partial charge in [0.1, 0.15) is 11.6 Å². The minimum atomic E-state index is 0.467. The molecule has 0 unspecified atom stereocenters. The van der Waals surface area contributed by atoms with E-state index in [1.807, 2.05) is 18.2 Å². The highest BCUT2D eigenvalue weighted by Crippen LogP contribution is 2.24. The van der Waals surface area contributed by atoms with Gasteiger partial charge in [-0.3, -0.25) is 0 Å². The average molecular weight is 267 g/mol. The van der Waals surface area contributed by atoms with Gasteiger partial charge in [0.2, 0.25) is 0 Å². The van der Waals surface area contributed by atoms with Gasteiger partial charge >= 0.3 is 0 Å². The molecule has 0 radical (unpaired) electrons. The molecule has 20 heavy (non-hydrogen) atoms. The number of nitrogens with zero attached hydrogens (tertiary/aromatic N) is 3. The van der Waals surface area contributed by atoms with E-state index in [2.05, 4.69) is 27.9 Å². The molecule has 2 aromatic heterocycles. The number of para-hydroxylation sites is 1. The predicted octanol–water partition coefficient (Wildman–Crippen LogP) is 1.82. The number of fused-ring (bicyclic) bond motifs is 2. The third kappa shape index (κ3) is 2.06. The van der Waals surface area contributed by atoms with E-state index >= 15 is 0 Å². The molecule has 0 fully saturated rings. The first-order valence-electron chi connectivity index (χ1n) is 6.77. The Morgan fingerprint density at radius 2 is 2.00 bits per heavy atom. The fourth-order valence-corrected chi connectivity index (χ4v) is 2.40. The number of benzene rings is 1. The van der Waals surface area contributed by atoms with Gasteiger partial charge in [-0.15, -0.1) is 0 Å². The fraction of sp³-hybridized carbons (Fsp3) is 0.267. The van der Waals surface area contributed by atoms with Gasteiger partial charge in [-0.2, -0.15) is 0 Å². The van der Waals surface area contributed by atoms with Crippen LogP contribution >= 0.6 is 0 Å². The molecule has 5 nitrogen and oxygen atoms in total.